The van der Waals surface area contributed by atoms with Crippen molar-refractivity contribution in [1.82, 2.24) is 19.9 Å². The number of carboxylic acid groups (broad SMARTS) is 2. The molecule has 258 valence electrons. The van der Waals surface area contributed by atoms with E-state index >= 15 is 0 Å². The van der Waals surface area contributed by atoms with E-state index in [1.165, 1.54) is 26.3 Å². The van der Waals surface area contributed by atoms with Gasteiger partial charge in [-0.1, -0.05) is 5.16 Å². The van der Waals surface area contributed by atoms with Gasteiger partial charge in [0.05, 0.1) is 28.7 Å². The van der Waals surface area contributed by atoms with Gasteiger partial charge < -0.3 is 46.9 Å². The lowest BCUT2D eigenvalue weighted by Gasteiger charge is -2.49. The highest BCUT2D eigenvalue weighted by Crippen LogP contribution is 2.41. The molecule has 0 bridgehead atoms. The fourth-order valence-electron chi connectivity index (χ4n) is 4.86. The Kier molecular flexibility index (Phi) is 9.01. The maximum Gasteiger partial charge on any atom is 0.352 e. The Labute approximate surface area is 282 Å². The van der Waals surface area contributed by atoms with Crippen molar-refractivity contribution in [3.8, 4) is 11.5 Å². The number of nitrogens with two attached hydrogens (primary N) is 2. The number of carboxylic acids is 2. The zero-order valence-corrected chi connectivity index (χ0v) is 27.2. The van der Waals surface area contributed by atoms with Crippen LogP contribution in [-0.2, 0) is 24.0 Å². The number of Topliss-reactive ketones (excluding diaryl/α,β-unsaturated/α-hetero) is 1. The van der Waals surface area contributed by atoms with E-state index in [0.29, 0.717) is 0 Å². The van der Waals surface area contributed by atoms with E-state index in [4.69, 9.17) is 21.1 Å². The Morgan fingerprint density at radius 2 is 1.84 bits per heavy atom. The second-order valence-corrected chi connectivity index (χ2v) is 13.0. The van der Waals surface area contributed by atoms with Crippen LogP contribution in [0.5, 0.6) is 11.5 Å². The minimum Gasteiger partial charge on any atom is -0.504 e. The second-order valence-electron chi connectivity index (χ2n) is 11.0. The molecule has 21 heteroatoms. The zero-order valence-electron chi connectivity index (χ0n) is 25.6. The number of fused-ring (bicyclic) bond motifs is 2. The number of thioether (sulfide) groups is 1. The number of aliphatic carboxylic acids is 2. The van der Waals surface area contributed by atoms with Crippen LogP contribution in [0, 0.1) is 0 Å². The van der Waals surface area contributed by atoms with Crippen molar-refractivity contribution in [3.05, 3.63) is 56.5 Å². The molecule has 2 unspecified atom stereocenters. The summed E-state index contributed by atoms with van der Waals surface area (Å²) < 4.78 is 0.978. The number of β-lactam (4-membered cyclic amide) rings is 1. The van der Waals surface area contributed by atoms with Crippen molar-refractivity contribution in [2.75, 3.05) is 18.6 Å². The number of nitrogen functional groups attached to an aromatic ring is 1. The van der Waals surface area contributed by atoms with Crippen LogP contribution in [-0.4, -0.2) is 106 Å². The Bertz CT molecular complexity index is 2070. The standard InChI is InChI=1S/C28H27N7O12S2/c1-28(2,26(44)45)47-33-17(12-8-49-27(30)31-12)22(40)32-18-23(41)35-19(25(42)43)11(7-48-24(18)35)16(29)21(39)10-6-34(46-3)13-5-15(37)14(36)4-9(13)20(10)38/h4-6,8,16,18,24,36-37H,7,29H2,1-3H3,(H2,30,31)(H,32,40)(H,42,43)(H,44,45)/b33-17-/t16?,18?,24-/m1/s1. The van der Waals surface area contributed by atoms with Crippen molar-refractivity contribution >= 4 is 74.4 Å². The van der Waals surface area contributed by atoms with Crippen LogP contribution < -0.4 is 27.1 Å². The third kappa shape index (κ3) is 6.09. The molecule has 1 saturated heterocycles. The second kappa shape index (κ2) is 12.7. The number of nitrogens with one attached hydrogen (secondary N) is 1. The molecular formula is C28H27N7O12S2. The molecule has 0 radical (unpaired) electrons. The first kappa shape index (κ1) is 34.7. The highest BCUT2D eigenvalue weighted by molar-refractivity contribution is 8.00. The number of hydrogen-bond donors (Lipinski definition) is 7. The summed E-state index contributed by atoms with van der Waals surface area (Å²) in [7, 11) is 1.21. The molecule has 19 nitrogen and oxygen atoms in total. The van der Waals surface area contributed by atoms with Crippen molar-refractivity contribution < 1.29 is 54.1 Å². The Balaban J connectivity index is 1.43. The highest BCUT2D eigenvalue weighted by atomic mass is 32.2. The van der Waals surface area contributed by atoms with Crippen LogP contribution in [0.1, 0.15) is 29.9 Å². The van der Waals surface area contributed by atoms with Gasteiger partial charge in [0.2, 0.25) is 11.0 Å². The first-order valence-corrected chi connectivity index (χ1v) is 15.8. The Morgan fingerprint density at radius 1 is 1.16 bits per heavy atom. The summed E-state index contributed by atoms with van der Waals surface area (Å²) in [5.74, 6) is -7.32. The number of amides is 2. The van der Waals surface area contributed by atoms with Gasteiger partial charge in [-0.15, -0.1) is 23.1 Å². The molecule has 3 aromatic rings. The third-order valence-corrected chi connectivity index (χ3v) is 9.51. The molecule has 0 saturated carbocycles. The number of aromatic hydroxyl groups is 2. The van der Waals surface area contributed by atoms with Crippen molar-refractivity contribution in [2.24, 2.45) is 10.9 Å². The van der Waals surface area contributed by atoms with E-state index in [2.05, 4.69) is 15.5 Å². The molecule has 5 rings (SSSR count). The Morgan fingerprint density at radius 3 is 2.43 bits per heavy atom. The number of carbonyl (C=O) groups is 5. The van der Waals surface area contributed by atoms with Crippen molar-refractivity contribution in [2.45, 2.75) is 36.9 Å². The maximum absolute atomic E-state index is 13.6. The molecule has 3 atom stereocenters. The number of carbonyl (C=O) groups excluding carboxylic acids is 3. The molecule has 0 aliphatic carbocycles. The number of oxime groups is 1. The molecular weight excluding hydrogens is 690 g/mol. The monoisotopic (exact) mass is 717 g/mol. The number of ketones is 1. The van der Waals surface area contributed by atoms with E-state index in [0.717, 1.165) is 51.1 Å². The molecule has 1 aromatic carbocycles. The molecule has 2 aromatic heterocycles. The van der Waals surface area contributed by atoms with Gasteiger partial charge >= 0.3 is 11.9 Å². The fourth-order valence-corrected chi connectivity index (χ4v) is 6.81. The predicted molar refractivity (Wildman–Crippen MR) is 172 cm³/mol. The molecule has 0 spiro atoms. The van der Waals surface area contributed by atoms with Crippen LogP contribution >= 0.6 is 23.1 Å². The number of phenolic OH excluding ortho intramolecular Hbond substituents is 2. The van der Waals surface area contributed by atoms with Gasteiger partial charge in [0, 0.05) is 17.2 Å². The first-order chi connectivity index (χ1) is 23.0. The summed E-state index contributed by atoms with van der Waals surface area (Å²) in [5, 5.41) is 45.6. The van der Waals surface area contributed by atoms with Crippen molar-refractivity contribution in [3.63, 3.8) is 0 Å². The van der Waals surface area contributed by atoms with Crippen LogP contribution in [0.15, 0.2) is 44.9 Å². The number of phenols is 2. The number of pyridine rings is 1. The molecule has 2 amide bonds. The summed E-state index contributed by atoms with van der Waals surface area (Å²) in [6.45, 7) is 2.37. The van der Waals surface area contributed by atoms with Crippen molar-refractivity contribution in [1.29, 1.82) is 0 Å². The van der Waals surface area contributed by atoms with Gasteiger partial charge in [0.25, 0.3) is 11.8 Å². The zero-order chi connectivity index (χ0) is 36.1. The number of thiazole rings is 1. The van der Waals surface area contributed by atoms with Gasteiger partial charge in [0.15, 0.2) is 28.1 Å². The minimum absolute atomic E-state index is 0.0114. The van der Waals surface area contributed by atoms with Gasteiger partial charge in [-0.25, -0.2) is 14.6 Å². The summed E-state index contributed by atoms with van der Waals surface area (Å²) in [6, 6.07) is -1.06. The summed E-state index contributed by atoms with van der Waals surface area (Å²) in [4.78, 5) is 92.6. The molecule has 2 aliphatic rings. The topological polar surface area (TPSA) is 299 Å². The summed E-state index contributed by atoms with van der Waals surface area (Å²) in [6.07, 6.45) is 1.000. The van der Waals surface area contributed by atoms with Gasteiger partial charge in [-0.05, 0) is 25.5 Å². The highest BCUT2D eigenvalue weighted by Gasteiger charge is 2.55. The largest absolute Gasteiger partial charge is 0.504 e. The average Bonchev–Trinajstić information content (AvgIpc) is 3.48. The fraction of sp³-hybridized carbons (Fsp3) is 0.286. The normalized spacial score (nSPS) is 18.4. The van der Waals surface area contributed by atoms with Crippen LogP contribution in [0.2, 0.25) is 0 Å². The van der Waals surface area contributed by atoms with E-state index in [9.17, 15) is 49.2 Å². The predicted octanol–water partition coefficient (Wildman–Crippen LogP) is -0.957. The third-order valence-electron chi connectivity index (χ3n) is 7.53. The Hall–Kier alpha value is -5.67. The van der Waals surface area contributed by atoms with Crippen LogP contribution in [0.4, 0.5) is 5.13 Å². The molecule has 49 heavy (non-hydrogen) atoms. The molecule has 9 N–H and O–H groups in total. The number of rotatable bonds is 11. The van der Waals surface area contributed by atoms with Gasteiger partial charge in [-0.3, -0.25) is 24.1 Å². The number of hydrogen-bond acceptors (Lipinski definition) is 16. The van der Waals surface area contributed by atoms with Crippen LogP contribution in [0.25, 0.3) is 10.9 Å². The van der Waals surface area contributed by atoms with Gasteiger partial charge in [0.1, 0.15) is 29.9 Å². The number of anilines is 1. The lowest BCUT2D eigenvalue weighted by molar-refractivity contribution is -0.161. The number of nitrogens with zero attached hydrogens (tertiary/aromatic N) is 4. The molecule has 2 aliphatic heterocycles. The lowest BCUT2D eigenvalue weighted by Crippen LogP contribution is -2.71. The SMILES string of the molecule is COn1cc(C(=O)C(N)C2=C(C(=O)O)N3C(=O)C(NC(=O)/C(=N\OC(C)(C)C(=O)O)c4csc(N)n4)[C@H]3SC2)c(=O)c2cc(O)c(O)cc21. The molecule has 4 heterocycles. The van der Waals surface area contributed by atoms with Gasteiger partial charge in [-0.2, -0.15) is 4.73 Å². The van der Waals surface area contributed by atoms with E-state index in [1.807, 2.05) is 0 Å². The van der Waals surface area contributed by atoms with E-state index < -0.39 is 86.5 Å². The summed E-state index contributed by atoms with van der Waals surface area (Å²) in [5.41, 5.74) is 7.26. The van der Waals surface area contributed by atoms with Crippen LogP contribution in [0.3, 0.4) is 0 Å². The first-order valence-electron chi connectivity index (χ1n) is 13.9. The average molecular weight is 718 g/mol. The quantitative estimate of drug-likeness (QED) is 0.0413. The number of aromatic nitrogens is 2. The smallest absolute Gasteiger partial charge is 0.352 e. The lowest BCUT2D eigenvalue weighted by atomic mass is 9.94. The molecule has 1 fully saturated rings. The van der Waals surface area contributed by atoms with E-state index in [1.54, 1.807) is 0 Å². The number of benzene rings is 1. The van der Waals surface area contributed by atoms with E-state index in [-0.39, 0.29) is 33.1 Å². The maximum atomic E-state index is 13.6. The summed E-state index contributed by atoms with van der Waals surface area (Å²) >= 11 is 1.93. The minimum atomic E-state index is -1.85.